The molecule has 0 aliphatic carbocycles. The van der Waals surface area contributed by atoms with Crippen LogP contribution in [0.15, 0.2) is 40.4 Å². The summed E-state index contributed by atoms with van der Waals surface area (Å²) in [5, 5.41) is 9.32. The maximum atomic E-state index is 14.1. The fourth-order valence-corrected chi connectivity index (χ4v) is 3.88. The summed E-state index contributed by atoms with van der Waals surface area (Å²) in [4.78, 5) is -0.925. The molecular formula is C15H16F4N2O4S. The minimum Gasteiger partial charge on any atom is -0.397 e. The molecule has 3 N–H and O–H groups in total. The highest BCUT2D eigenvalue weighted by Gasteiger charge is 2.33. The molecule has 1 heterocycles. The molecule has 0 fully saturated rings. The van der Waals surface area contributed by atoms with Gasteiger partial charge in [0.25, 0.3) is 0 Å². The van der Waals surface area contributed by atoms with E-state index in [1.54, 1.807) is 0 Å². The van der Waals surface area contributed by atoms with Crippen molar-refractivity contribution in [2.75, 3.05) is 19.5 Å². The third-order valence-electron chi connectivity index (χ3n) is 3.47. The monoisotopic (exact) mass is 396 g/mol. The van der Waals surface area contributed by atoms with Crippen molar-refractivity contribution < 1.29 is 35.8 Å². The molecule has 0 aliphatic rings. The Balaban J connectivity index is 2.49. The van der Waals surface area contributed by atoms with Crippen molar-refractivity contribution >= 4 is 15.5 Å². The number of ether oxygens (including phenoxy) is 1. The highest BCUT2D eigenvalue weighted by molar-refractivity contribution is 7.91. The van der Waals surface area contributed by atoms with E-state index in [9.17, 15) is 31.1 Å². The summed E-state index contributed by atoms with van der Waals surface area (Å²) >= 11 is 0. The SMILES string of the molecule is COCC(O)Cn1cc(N)cc1S(=O)(=O)c1ccc(C(F)(F)F)cc1F. The average Bonchev–Trinajstić information content (AvgIpc) is 2.87. The van der Waals surface area contributed by atoms with E-state index in [4.69, 9.17) is 10.5 Å². The number of hydrogen-bond donors (Lipinski definition) is 2. The van der Waals surface area contributed by atoms with Crippen LogP contribution in [0.1, 0.15) is 5.56 Å². The van der Waals surface area contributed by atoms with E-state index in [1.165, 1.54) is 13.3 Å². The van der Waals surface area contributed by atoms with E-state index in [-0.39, 0.29) is 24.9 Å². The van der Waals surface area contributed by atoms with Gasteiger partial charge in [-0.3, -0.25) is 0 Å². The van der Waals surface area contributed by atoms with Crippen LogP contribution in [0.3, 0.4) is 0 Å². The number of nitrogen functional groups attached to an aromatic ring is 1. The van der Waals surface area contributed by atoms with Gasteiger partial charge in [0.05, 0.1) is 30.5 Å². The Hall–Kier alpha value is -2.11. The van der Waals surface area contributed by atoms with Gasteiger partial charge in [0.15, 0.2) is 0 Å². The molecule has 2 aromatic rings. The third kappa shape index (κ3) is 4.17. The van der Waals surface area contributed by atoms with Crippen LogP contribution in [-0.2, 0) is 27.3 Å². The molecule has 0 aliphatic heterocycles. The van der Waals surface area contributed by atoms with Gasteiger partial charge in [0.1, 0.15) is 15.7 Å². The van der Waals surface area contributed by atoms with Crippen molar-refractivity contribution in [3.63, 3.8) is 0 Å². The Labute approximate surface area is 146 Å². The third-order valence-corrected chi connectivity index (χ3v) is 5.28. The van der Waals surface area contributed by atoms with Crippen molar-refractivity contribution in [2.45, 2.75) is 28.7 Å². The lowest BCUT2D eigenvalue weighted by atomic mass is 10.2. The number of benzene rings is 1. The van der Waals surface area contributed by atoms with Crippen LogP contribution in [0, 0.1) is 5.82 Å². The quantitative estimate of drug-likeness (QED) is 0.729. The van der Waals surface area contributed by atoms with E-state index in [2.05, 4.69) is 0 Å². The van der Waals surface area contributed by atoms with Crippen molar-refractivity contribution in [1.29, 1.82) is 0 Å². The van der Waals surface area contributed by atoms with Crippen LogP contribution in [0.5, 0.6) is 0 Å². The number of nitrogens with two attached hydrogens (primary N) is 1. The number of aromatic nitrogens is 1. The molecule has 2 rings (SSSR count). The minimum absolute atomic E-state index is 0.0283. The molecule has 1 atom stereocenters. The Morgan fingerprint density at radius 2 is 1.96 bits per heavy atom. The minimum atomic E-state index is -4.81. The molecule has 1 unspecified atom stereocenters. The van der Waals surface area contributed by atoms with Gasteiger partial charge < -0.3 is 20.1 Å². The number of aliphatic hydroxyl groups is 1. The number of nitrogens with zero attached hydrogens (tertiary/aromatic N) is 1. The predicted molar refractivity (Wildman–Crippen MR) is 83.6 cm³/mol. The van der Waals surface area contributed by atoms with Crippen molar-refractivity contribution in [2.24, 2.45) is 0 Å². The molecular weight excluding hydrogens is 380 g/mol. The van der Waals surface area contributed by atoms with Gasteiger partial charge in [0, 0.05) is 13.3 Å². The number of anilines is 1. The number of alkyl halides is 3. The number of hydrogen-bond acceptors (Lipinski definition) is 5. The van der Waals surface area contributed by atoms with Crippen molar-refractivity contribution in [1.82, 2.24) is 4.57 Å². The molecule has 11 heteroatoms. The maximum absolute atomic E-state index is 14.1. The van der Waals surface area contributed by atoms with Crippen LogP contribution in [-0.4, -0.2) is 37.9 Å². The summed E-state index contributed by atoms with van der Waals surface area (Å²) in [6.45, 7) is -0.311. The molecule has 0 amide bonds. The van der Waals surface area contributed by atoms with Gasteiger partial charge in [-0.15, -0.1) is 0 Å². The first-order chi connectivity index (χ1) is 12.0. The molecule has 0 spiro atoms. The lowest BCUT2D eigenvalue weighted by Crippen LogP contribution is -2.23. The summed E-state index contributed by atoms with van der Waals surface area (Å²) in [5.74, 6) is -1.54. The van der Waals surface area contributed by atoms with Gasteiger partial charge in [-0.2, -0.15) is 13.2 Å². The zero-order chi connectivity index (χ0) is 19.7. The molecule has 1 aromatic heterocycles. The normalized spacial score (nSPS) is 13.8. The maximum Gasteiger partial charge on any atom is 0.416 e. The Bertz CT molecular complexity index is 894. The molecule has 0 saturated heterocycles. The first-order valence-electron chi connectivity index (χ1n) is 7.21. The average molecular weight is 396 g/mol. The molecule has 0 radical (unpaired) electrons. The summed E-state index contributed by atoms with van der Waals surface area (Å²) in [6, 6.07) is 2.17. The molecule has 144 valence electrons. The highest BCUT2D eigenvalue weighted by atomic mass is 32.2. The van der Waals surface area contributed by atoms with E-state index in [0.29, 0.717) is 12.1 Å². The zero-order valence-corrected chi connectivity index (χ0v) is 14.3. The first-order valence-corrected chi connectivity index (χ1v) is 8.69. The van der Waals surface area contributed by atoms with Crippen LogP contribution >= 0.6 is 0 Å². The second-order valence-electron chi connectivity index (χ2n) is 5.52. The molecule has 0 bridgehead atoms. The number of halogens is 4. The van der Waals surface area contributed by atoms with Gasteiger partial charge in [-0.05, 0) is 24.3 Å². The lowest BCUT2D eigenvalue weighted by molar-refractivity contribution is -0.137. The molecule has 0 saturated carbocycles. The van der Waals surface area contributed by atoms with Crippen molar-refractivity contribution in [3.05, 3.63) is 41.8 Å². The zero-order valence-electron chi connectivity index (χ0n) is 13.5. The number of methoxy groups -OCH3 is 1. The van der Waals surface area contributed by atoms with E-state index < -0.39 is 43.4 Å². The lowest BCUT2D eigenvalue weighted by Gasteiger charge is -2.15. The fourth-order valence-electron chi connectivity index (χ4n) is 2.36. The number of sulfone groups is 1. The smallest absolute Gasteiger partial charge is 0.397 e. The van der Waals surface area contributed by atoms with E-state index in [0.717, 1.165) is 10.6 Å². The second-order valence-corrected chi connectivity index (χ2v) is 7.38. The highest BCUT2D eigenvalue weighted by Crippen LogP contribution is 2.33. The molecule has 6 nitrogen and oxygen atoms in total. The molecule has 1 aromatic carbocycles. The van der Waals surface area contributed by atoms with Gasteiger partial charge >= 0.3 is 6.18 Å². The van der Waals surface area contributed by atoms with Crippen LogP contribution in [0.25, 0.3) is 0 Å². The van der Waals surface area contributed by atoms with Crippen LogP contribution in [0.4, 0.5) is 23.2 Å². The first kappa shape index (κ1) is 20.2. The summed E-state index contributed by atoms with van der Waals surface area (Å²) < 4.78 is 83.2. The summed E-state index contributed by atoms with van der Waals surface area (Å²) in [7, 11) is -3.18. The topological polar surface area (TPSA) is 94.5 Å². The van der Waals surface area contributed by atoms with Gasteiger partial charge in [0.2, 0.25) is 9.84 Å². The Morgan fingerprint density at radius 3 is 2.50 bits per heavy atom. The Morgan fingerprint density at radius 1 is 1.31 bits per heavy atom. The summed E-state index contributed by atoms with van der Waals surface area (Å²) in [6.07, 6.45) is -4.66. The van der Waals surface area contributed by atoms with Gasteiger partial charge in [-0.25, -0.2) is 12.8 Å². The largest absolute Gasteiger partial charge is 0.416 e. The van der Waals surface area contributed by atoms with Crippen LogP contribution < -0.4 is 5.73 Å². The summed E-state index contributed by atoms with van der Waals surface area (Å²) in [5.41, 5.74) is 4.30. The predicted octanol–water partition coefficient (Wildman–Crippen LogP) is 2.07. The second kappa shape index (κ2) is 7.25. The van der Waals surface area contributed by atoms with Crippen molar-refractivity contribution in [3.8, 4) is 0 Å². The molecule has 26 heavy (non-hydrogen) atoms. The van der Waals surface area contributed by atoms with Crippen LogP contribution in [0.2, 0.25) is 0 Å². The standard InChI is InChI=1S/C15H16F4N2O4S/c1-25-8-11(22)7-21-6-10(20)5-14(21)26(23,24)13-3-2-9(4-12(13)16)15(17,18)19/h2-6,11,22H,7-8,20H2,1H3. The fraction of sp³-hybridized carbons (Fsp3) is 0.333. The number of aliphatic hydroxyl groups excluding tert-OH is 1. The van der Waals surface area contributed by atoms with Gasteiger partial charge in [-0.1, -0.05) is 0 Å². The number of rotatable bonds is 6. The van der Waals surface area contributed by atoms with E-state index in [1.807, 2.05) is 0 Å². The van der Waals surface area contributed by atoms with E-state index >= 15 is 0 Å². The Kier molecular flexibility index (Phi) is 5.64.